The van der Waals surface area contributed by atoms with Crippen LogP contribution in [-0.2, 0) is 0 Å². The summed E-state index contributed by atoms with van der Waals surface area (Å²) < 4.78 is 10.6. The number of anilines is 1. The minimum Gasteiger partial charge on any atom is -0.467 e. The van der Waals surface area contributed by atoms with Crippen molar-refractivity contribution in [2.45, 2.75) is 10.4 Å². The van der Waals surface area contributed by atoms with E-state index in [4.69, 9.17) is 9.15 Å². The van der Waals surface area contributed by atoms with Crippen molar-refractivity contribution in [1.82, 2.24) is 19.9 Å². The van der Waals surface area contributed by atoms with Crippen molar-refractivity contribution in [3.05, 3.63) is 24.3 Å². The summed E-state index contributed by atoms with van der Waals surface area (Å²) in [6, 6.07) is 7.79. The van der Waals surface area contributed by atoms with Crippen LogP contribution >= 0.6 is 11.8 Å². The van der Waals surface area contributed by atoms with Crippen molar-refractivity contribution < 1.29 is 9.15 Å². The largest absolute Gasteiger partial charge is 0.467 e. The smallest absolute Gasteiger partial charge is 0.321 e. The number of rotatable bonds is 4. The lowest BCUT2D eigenvalue weighted by molar-refractivity contribution is 0.373. The van der Waals surface area contributed by atoms with Crippen molar-refractivity contribution in [2.75, 3.05) is 19.5 Å². The molecule has 0 fully saturated rings. The summed E-state index contributed by atoms with van der Waals surface area (Å²) in [4.78, 5) is 16.7. The first-order chi connectivity index (χ1) is 9.78. The lowest BCUT2D eigenvalue weighted by Crippen LogP contribution is -2.02. The Labute approximate surface area is 118 Å². The number of hydrogen-bond donors (Lipinski definition) is 1. The fraction of sp³-hybridized carbons (Fsp3) is 0.167. The molecule has 3 aromatic rings. The molecule has 0 aliphatic rings. The number of ether oxygens (including phenoxy) is 1. The summed E-state index contributed by atoms with van der Waals surface area (Å²) in [5, 5.41) is 3.77. The van der Waals surface area contributed by atoms with E-state index >= 15 is 0 Å². The molecule has 102 valence electrons. The van der Waals surface area contributed by atoms with Gasteiger partial charge in [0.05, 0.1) is 7.11 Å². The minimum atomic E-state index is 0.239. The maximum Gasteiger partial charge on any atom is 0.321 e. The number of para-hydroxylation sites is 2. The molecule has 0 aliphatic heterocycles. The summed E-state index contributed by atoms with van der Waals surface area (Å²) in [6.07, 6.45) is 0. The number of benzene rings is 1. The molecule has 3 rings (SSSR count). The van der Waals surface area contributed by atoms with Gasteiger partial charge >= 0.3 is 6.01 Å². The lowest BCUT2D eigenvalue weighted by atomic mass is 10.3. The summed E-state index contributed by atoms with van der Waals surface area (Å²) in [6.45, 7) is 0. The first kappa shape index (κ1) is 12.7. The SMILES string of the molecule is CNc1nc(OC)nc(Sc2nc3ccccc3o2)n1. The highest BCUT2D eigenvalue weighted by Crippen LogP contribution is 2.28. The molecular formula is C12H11N5O2S. The predicted octanol–water partition coefficient (Wildman–Crippen LogP) is 2.21. The van der Waals surface area contributed by atoms with Crippen molar-refractivity contribution in [1.29, 1.82) is 0 Å². The second-order valence-corrected chi connectivity index (χ2v) is 4.65. The van der Waals surface area contributed by atoms with Crippen LogP contribution in [0.25, 0.3) is 11.1 Å². The van der Waals surface area contributed by atoms with Crippen LogP contribution in [0.5, 0.6) is 6.01 Å². The molecule has 0 bridgehead atoms. The fourth-order valence-corrected chi connectivity index (χ4v) is 2.25. The Hall–Kier alpha value is -2.35. The molecule has 0 atom stereocenters. The van der Waals surface area contributed by atoms with Gasteiger partial charge in [-0.15, -0.1) is 0 Å². The first-order valence-corrected chi connectivity index (χ1v) is 6.61. The molecule has 2 heterocycles. The highest BCUT2D eigenvalue weighted by Gasteiger charge is 2.12. The maximum atomic E-state index is 5.61. The maximum absolute atomic E-state index is 5.61. The summed E-state index contributed by atoms with van der Waals surface area (Å²) in [5.74, 6) is 0.426. The number of hydrogen-bond acceptors (Lipinski definition) is 8. The van der Waals surface area contributed by atoms with Gasteiger partial charge < -0.3 is 14.5 Å². The van der Waals surface area contributed by atoms with Gasteiger partial charge in [0, 0.05) is 18.8 Å². The highest BCUT2D eigenvalue weighted by molar-refractivity contribution is 7.98. The van der Waals surface area contributed by atoms with Gasteiger partial charge in [-0.2, -0.15) is 15.0 Å². The van der Waals surface area contributed by atoms with Crippen LogP contribution in [-0.4, -0.2) is 34.1 Å². The number of nitrogens with one attached hydrogen (secondary N) is 1. The molecule has 8 heteroatoms. The Morgan fingerprint density at radius 3 is 2.75 bits per heavy atom. The van der Waals surface area contributed by atoms with E-state index in [0.29, 0.717) is 16.3 Å². The summed E-state index contributed by atoms with van der Waals surface area (Å²) >= 11 is 1.21. The van der Waals surface area contributed by atoms with Crippen LogP contribution in [0.1, 0.15) is 0 Å². The fourth-order valence-electron chi connectivity index (χ4n) is 1.56. The molecule has 0 spiro atoms. The number of methoxy groups -OCH3 is 1. The van der Waals surface area contributed by atoms with Crippen molar-refractivity contribution in [2.24, 2.45) is 0 Å². The summed E-state index contributed by atoms with van der Waals surface area (Å²) in [5.41, 5.74) is 1.52. The quantitative estimate of drug-likeness (QED) is 0.782. The molecule has 0 aliphatic carbocycles. The Morgan fingerprint density at radius 2 is 2.00 bits per heavy atom. The molecule has 20 heavy (non-hydrogen) atoms. The molecule has 0 radical (unpaired) electrons. The van der Waals surface area contributed by atoms with Crippen LogP contribution in [0.4, 0.5) is 5.95 Å². The van der Waals surface area contributed by atoms with E-state index in [1.54, 1.807) is 7.05 Å². The molecule has 1 N–H and O–H groups in total. The normalized spacial score (nSPS) is 10.7. The van der Waals surface area contributed by atoms with Crippen LogP contribution in [0.2, 0.25) is 0 Å². The second-order valence-electron chi connectivity index (χ2n) is 3.73. The monoisotopic (exact) mass is 289 g/mol. The second kappa shape index (κ2) is 5.33. The van der Waals surface area contributed by atoms with Crippen molar-refractivity contribution in [3.63, 3.8) is 0 Å². The summed E-state index contributed by atoms with van der Waals surface area (Å²) in [7, 11) is 3.23. The van der Waals surface area contributed by atoms with Crippen LogP contribution < -0.4 is 10.1 Å². The third-order valence-corrected chi connectivity index (χ3v) is 3.17. The zero-order valence-electron chi connectivity index (χ0n) is 10.8. The van der Waals surface area contributed by atoms with E-state index in [9.17, 15) is 0 Å². The van der Waals surface area contributed by atoms with E-state index in [0.717, 1.165) is 11.1 Å². The zero-order chi connectivity index (χ0) is 13.9. The standard InChI is InChI=1S/C12H11N5O2S/c1-13-9-15-10(18-2)17-11(16-9)20-12-14-7-5-3-4-6-8(7)19-12/h3-6H,1-2H3,(H,13,15,16,17). The third-order valence-electron chi connectivity index (χ3n) is 2.45. The molecule has 2 aromatic heterocycles. The lowest BCUT2D eigenvalue weighted by Gasteiger charge is -2.03. The molecular weight excluding hydrogens is 278 g/mol. The van der Waals surface area contributed by atoms with Gasteiger partial charge in [-0.25, -0.2) is 4.98 Å². The minimum absolute atomic E-state index is 0.239. The van der Waals surface area contributed by atoms with Gasteiger partial charge in [0.25, 0.3) is 5.22 Å². The van der Waals surface area contributed by atoms with Crippen molar-refractivity contribution in [3.8, 4) is 6.01 Å². The molecule has 0 saturated carbocycles. The van der Waals surface area contributed by atoms with Gasteiger partial charge in [0.15, 0.2) is 5.58 Å². The average molecular weight is 289 g/mol. The number of oxazole rings is 1. The average Bonchev–Trinajstić information content (AvgIpc) is 2.88. The Kier molecular flexibility index (Phi) is 3.38. The van der Waals surface area contributed by atoms with E-state index in [1.165, 1.54) is 18.9 Å². The Bertz CT molecular complexity index is 690. The molecule has 0 amide bonds. The van der Waals surface area contributed by atoms with E-state index in [2.05, 4.69) is 25.3 Å². The van der Waals surface area contributed by atoms with Gasteiger partial charge in [-0.05, 0) is 12.1 Å². The van der Waals surface area contributed by atoms with E-state index in [1.807, 2.05) is 24.3 Å². The number of fused-ring (bicyclic) bond motifs is 1. The Balaban J connectivity index is 1.93. The first-order valence-electron chi connectivity index (χ1n) is 5.80. The van der Waals surface area contributed by atoms with Crippen LogP contribution in [0.3, 0.4) is 0 Å². The van der Waals surface area contributed by atoms with Gasteiger partial charge in [-0.1, -0.05) is 12.1 Å². The third kappa shape index (κ3) is 2.50. The topological polar surface area (TPSA) is 86.0 Å². The van der Waals surface area contributed by atoms with Gasteiger partial charge in [0.2, 0.25) is 11.1 Å². The van der Waals surface area contributed by atoms with Crippen LogP contribution in [0.15, 0.2) is 39.1 Å². The molecule has 7 nitrogen and oxygen atoms in total. The molecule has 0 saturated heterocycles. The number of aromatic nitrogens is 4. The number of nitrogens with zero attached hydrogens (tertiary/aromatic N) is 4. The highest BCUT2D eigenvalue weighted by atomic mass is 32.2. The molecule has 0 unspecified atom stereocenters. The van der Waals surface area contributed by atoms with E-state index < -0.39 is 0 Å². The van der Waals surface area contributed by atoms with Gasteiger partial charge in [0.1, 0.15) is 5.52 Å². The molecule has 1 aromatic carbocycles. The van der Waals surface area contributed by atoms with E-state index in [-0.39, 0.29) is 6.01 Å². The predicted molar refractivity (Wildman–Crippen MR) is 74.1 cm³/mol. The van der Waals surface area contributed by atoms with Crippen molar-refractivity contribution >= 4 is 28.8 Å². The Morgan fingerprint density at radius 1 is 1.15 bits per heavy atom. The zero-order valence-corrected chi connectivity index (χ0v) is 11.6. The van der Waals surface area contributed by atoms with Gasteiger partial charge in [-0.3, -0.25) is 0 Å². The van der Waals surface area contributed by atoms with Crippen LogP contribution in [0, 0.1) is 0 Å².